The number of benzene rings is 2. The summed E-state index contributed by atoms with van der Waals surface area (Å²) in [5.74, 6) is -2.43. The largest absolute Gasteiger partial charge is 0.325 e. The molecule has 0 aromatic heterocycles. The van der Waals surface area contributed by atoms with Crippen molar-refractivity contribution in [3.8, 4) is 6.07 Å². The highest BCUT2D eigenvalue weighted by molar-refractivity contribution is 8.03. The number of carbonyl (C=O) groups excluding carboxylic acids is 2. The Labute approximate surface area is 164 Å². The van der Waals surface area contributed by atoms with E-state index in [0.717, 1.165) is 11.8 Å². The van der Waals surface area contributed by atoms with Crippen LogP contribution in [-0.2, 0) is 9.59 Å². The molecule has 5 nitrogen and oxygen atoms in total. The Morgan fingerprint density at radius 2 is 1.93 bits per heavy atom. The lowest BCUT2D eigenvalue weighted by Crippen LogP contribution is -2.31. The molecule has 1 heterocycles. The highest BCUT2D eigenvalue weighted by Gasteiger charge is 2.31. The number of anilines is 1. The van der Waals surface area contributed by atoms with E-state index in [1.807, 2.05) is 6.07 Å². The molecule has 0 saturated carbocycles. The number of rotatable bonds is 5. The van der Waals surface area contributed by atoms with Gasteiger partial charge in [-0.2, -0.15) is 5.26 Å². The molecular weight excluding hydrogens is 384 g/mol. The zero-order valence-electron chi connectivity index (χ0n) is 14.5. The van der Waals surface area contributed by atoms with Crippen LogP contribution in [0.25, 0.3) is 0 Å². The van der Waals surface area contributed by atoms with Crippen LogP contribution in [0, 0.1) is 23.0 Å². The van der Waals surface area contributed by atoms with Crippen LogP contribution in [0.3, 0.4) is 0 Å². The monoisotopic (exact) mass is 399 g/mol. The van der Waals surface area contributed by atoms with Gasteiger partial charge in [0.25, 0.3) is 0 Å². The Hall–Kier alpha value is -3.18. The number of amides is 2. The molecule has 142 valence electrons. The Kier molecular flexibility index (Phi) is 6.06. The van der Waals surface area contributed by atoms with Crippen molar-refractivity contribution in [1.29, 1.82) is 5.26 Å². The Morgan fingerprint density at radius 1 is 1.21 bits per heavy atom. The summed E-state index contributed by atoms with van der Waals surface area (Å²) >= 11 is 0.985. The van der Waals surface area contributed by atoms with Crippen LogP contribution in [0.1, 0.15) is 17.9 Å². The lowest BCUT2D eigenvalue weighted by molar-refractivity contribution is -0.121. The first-order chi connectivity index (χ1) is 13.5. The molecule has 2 amide bonds. The van der Waals surface area contributed by atoms with Gasteiger partial charge in [0.05, 0.1) is 22.4 Å². The zero-order valence-corrected chi connectivity index (χ0v) is 15.4. The van der Waals surface area contributed by atoms with Crippen molar-refractivity contribution in [2.24, 2.45) is 0 Å². The standard InChI is InChI=1S/C20H15F2N3O2S/c21-12-5-7-13(8-6-12)24-19(27)11-28-20-16(10-23)15(9-18(26)25-20)14-3-1-2-4-17(14)22/h1-8,15H,9,11H2,(H,24,27)(H,25,26). The van der Waals surface area contributed by atoms with Crippen molar-refractivity contribution in [3.05, 3.63) is 76.3 Å². The highest BCUT2D eigenvalue weighted by atomic mass is 32.2. The molecule has 0 spiro atoms. The number of thioether (sulfide) groups is 1. The highest BCUT2D eigenvalue weighted by Crippen LogP contribution is 2.36. The number of nitrogens with one attached hydrogen (secondary N) is 2. The Bertz CT molecular complexity index is 984. The number of carbonyl (C=O) groups is 2. The van der Waals surface area contributed by atoms with Crippen molar-refractivity contribution < 1.29 is 18.4 Å². The normalized spacial score (nSPS) is 16.3. The van der Waals surface area contributed by atoms with Gasteiger partial charge in [-0.25, -0.2) is 8.78 Å². The summed E-state index contributed by atoms with van der Waals surface area (Å²) in [6.45, 7) is 0. The zero-order chi connectivity index (χ0) is 20.1. The lowest BCUT2D eigenvalue weighted by Gasteiger charge is -2.25. The first-order valence-corrected chi connectivity index (χ1v) is 9.33. The van der Waals surface area contributed by atoms with E-state index in [9.17, 15) is 23.6 Å². The van der Waals surface area contributed by atoms with E-state index in [4.69, 9.17) is 0 Å². The molecule has 0 radical (unpaired) electrons. The van der Waals surface area contributed by atoms with Gasteiger partial charge >= 0.3 is 0 Å². The van der Waals surface area contributed by atoms with Crippen molar-refractivity contribution in [2.75, 3.05) is 11.1 Å². The fourth-order valence-electron chi connectivity index (χ4n) is 2.82. The van der Waals surface area contributed by atoms with Gasteiger partial charge in [0.15, 0.2) is 0 Å². The number of allylic oxidation sites excluding steroid dienone is 1. The first kappa shape index (κ1) is 19.6. The minimum absolute atomic E-state index is 0.0460. The van der Waals surface area contributed by atoms with E-state index in [2.05, 4.69) is 10.6 Å². The average Bonchev–Trinajstić information content (AvgIpc) is 2.68. The molecule has 0 bridgehead atoms. The van der Waals surface area contributed by atoms with Gasteiger partial charge < -0.3 is 10.6 Å². The summed E-state index contributed by atoms with van der Waals surface area (Å²) in [7, 11) is 0. The van der Waals surface area contributed by atoms with E-state index in [1.54, 1.807) is 12.1 Å². The van der Waals surface area contributed by atoms with Gasteiger partial charge in [0.2, 0.25) is 11.8 Å². The van der Waals surface area contributed by atoms with Gasteiger partial charge in [-0.15, -0.1) is 0 Å². The Balaban J connectivity index is 1.76. The third kappa shape index (κ3) is 4.56. The van der Waals surface area contributed by atoms with Gasteiger partial charge in [0, 0.05) is 18.0 Å². The third-order valence-corrected chi connectivity index (χ3v) is 5.13. The SMILES string of the molecule is N#CC1=C(SCC(=O)Nc2ccc(F)cc2)NC(=O)CC1c1ccccc1F. The van der Waals surface area contributed by atoms with Crippen LogP contribution < -0.4 is 10.6 Å². The molecule has 0 saturated heterocycles. The van der Waals surface area contributed by atoms with E-state index in [-0.39, 0.29) is 40.2 Å². The average molecular weight is 399 g/mol. The van der Waals surface area contributed by atoms with Crippen LogP contribution >= 0.6 is 11.8 Å². The van der Waals surface area contributed by atoms with Crippen molar-refractivity contribution in [3.63, 3.8) is 0 Å². The molecular formula is C20H15F2N3O2S. The molecule has 2 N–H and O–H groups in total. The topological polar surface area (TPSA) is 82.0 Å². The molecule has 1 atom stereocenters. The summed E-state index contributed by atoms with van der Waals surface area (Å²) < 4.78 is 27.1. The molecule has 8 heteroatoms. The van der Waals surface area contributed by atoms with Crippen molar-refractivity contribution in [2.45, 2.75) is 12.3 Å². The van der Waals surface area contributed by atoms with Gasteiger partial charge in [0.1, 0.15) is 11.6 Å². The Morgan fingerprint density at radius 3 is 2.61 bits per heavy atom. The molecule has 1 aliphatic heterocycles. The predicted molar refractivity (Wildman–Crippen MR) is 102 cm³/mol. The van der Waals surface area contributed by atoms with Gasteiger partial charge in [-0.05, 0) is 35.9 Å². The molecule has 2 aromatic rings. The molecule has 2 aromatic carbocycles. The van der Waals surface area contributed by atoms with E-state index < -0.39 is 17.6 Å². The van der Waals surface area contributed by atoms with Crippen LogP contribution in [-0.4, -0.2) is 17.6 Å². The number of nitrogens with zero attached hydrogens (tertiary/aromatic N) is 1. The van der Waals surface area contributed by atoms with Gasteiger partial charge in [-0.3, -0.25) is 9.59 Å². The van der Waals surface area contributed by atoms with Crippen molar-refractivity contribution >= 4 is 29.3 Å². The van der Waals surface area contributed by atoms with E-state index in [1.165, 1.54) is 36.4 Å². The van der Waals surface area contributed by atoms with Crippen LogP contribution in [0.15, 0.2) is 59.1 Å². The maximum atomic E-state index is 14.2. The van der Waals surface area contributed by atoms with Crippen LogP contribution in [0.5, 0.6) is 0 Å². The van der Waals surface area contributed by atoms with E-state index >= 15 is 0 Å². The van der Waals surface area contributed by atoms with Crippen LogP contribution in [0.4, 0.5) is 14.5 Å². The summed E-state index contributed by atoms with van der Waals surface area (Å²) in [6, 6.07) is 13.3. The maximum absolute atomic E-state index is 14.2. The van der Waals surface area contributed by atoms with Gasteiger partial charge in [-0.1, -0.05) is 30.0 Å². The summed E-state index contributed by atoms with van der Waals surface area (Å²) in [5.41, 5.74) is 0.908. The second kappa shape index (κ2) is 8.67. The second-order valence-corrected chi connectivity index (χ2v) is 7.01. The quantitative estimate of drug-likeness (QED) is 0.804. The number of halogens is 2. The number of hydrogen-bond donors (Lipinski definition) is 2. The lowest BCUT2D eigenvalue weighted by atomic mass is 9.87. The first-order valence-electron chi connectivity index (χ1n) is 8.34. The summed E-state index contributed by atoms with van der Waals surface area (Å²) in [4.78, 5) is 24.2. The van der Waals surface area contributed by atoms with Crippen molar-refractivity contribution in [1.82, 2.24) is 5.32 Å². The van der Waals surface area contributed by atoms with E-state index in [0.29, 0.717) is 5.69 Å². The molecule has 1 unspecified atom stereocenters. The molecule has 3 rings (SSSR count). The predicted octanol–water partition coefficient (Wildman–Crippen LogP) is 3.68. The molecule has 1 aliphatic rings. The smallest absolute Gasteiger partial charge is 0.234 e. The number of hydrogen-bond acceptors (Lipinski definition) is 4. The fourth-order valence-corrected chi connectivity index (χ4v) is 3.70. The minimum atomic E-state index is -0.706. The second-order valence-electron chi connectivity index (χ2n) is 6.02. The maximum Gasteiger partial charge on any atom is 0.234 e. The minimum Gasteiger partial charge on any atom is -0.325 e. The fraction of sp³-hybridized carbons (Fsp3) is 0.150. The number of nitriles is 1. The third-order valence-electron chi connectivity index (χ3n) is 4.11. The molecule has 0 fully saturated rings. The summed E-state index contributed by atoms with van der Waals surface area (Å²) in [6.07, 6.45) is -0.0460. The van der Waals surface area contributed by atoms with Crippen LogP contribution in [0.2, 0.25) is 0 Å². The molecule has 0 aliphatic carbocycles. The summed E-state index contributed by atoms with van der Waals surface area (Å²) in [5, 5.41) is 15.0. The molecule has 28 heavy (non-hydrogen) atoms.